The first-order valence-corrected chi connectivity index (χ1v) is 14.3. The molecule has 204 valence electrons. The molecule has 1 saturated heterocycles. The van der Waals surface area contributed by atoms with Crippen molar-refractivity contribution >= 4 is 33.6 Å². The molecule has 1 amide bonds. The Morgan fingerprint density at radius 2 is 1.87 bits per heavy atom. The molecule has 38 heavy (non-hydrogen) atoms. The van der Waals surface area contributed by atoms with Crippen LogP contribution < -0.4 is 4.74 Å². The summed E-state index contributed by atoms with van der Waals surface area (Å²) < 4.78 is 48.8. The standard InChI is InChI=1S/C27H30ClNO8S/c1-18-26(27(31)37-17-19-4-10-22(11-5-19)36-13-14-38(32,33)34)24(20-6-8-21(28)9-7-20)15-25(30)29(18)16-23-3-2-12-35-23/h4-11,23-24H,2-3,12-17H2,1H3,(H,32,33,34)/p-1/t23-,24+/m1/s1. The molecule has 0 radical (unpaired) electrons. The van der Waals surface area contributed by atoms with Gasteiger partial charge in [-0.25, -0.2) is 13.2 Å². The van der Waals surface area contributed by atoms with Gasteiger partial charge < -0.3 is 23.7 Å². The van der Waals surface area contributed by atoms with Gasteiger partial charge in [0.15, 0.2) is 0 Å². The zero-order valence-corrected chi connectivity index (χ0v) is 22.5. The van der Waals surface area contributed by atoms with E-state index in [1.807, 2.05) is 12.1 Å². The number of hydrogen-bond donors (Lipinski definition) is 0. The maximum Gasteiger partial charge on any atom is 0.336 e. The fraction of sp³-hybridized carbons (Fsp3) is 0.407. The van der Waals surface area contributed by atoms with Crippen molar-refractivity contribution < 1.29 is 36.8 Å². The van der Waals surface area contributed by atoms with Crippen LogP contribution in [0.2, 0.25) is 5.02 Å². The van der Waals surface area contributed by atoms with Gasteiger partial charge in [0.25, 0.3) is 0 Å². The quantitative estimate of drug-likeness (QED) is 0.317. The average molecular weight is 563 g/mol. The summed E-state index contributed by atoms with van der Waals surface area (Å²) in [7, 11) is -4.35. The van der Waals surface area contributed by atoms with Crippen molar-refractivity contribution in [3.63, 3.8) is 0 Å². The smallest absolute Gasteiger partial charge is 0.336 e. The number of nitrogens with zero attached hydrogens (tertiary/aromatic N) is 1. The highest BCUT2D eigenvalue weighted by atomic mass is 35.5. The lowest BCUT2D eigenvalue weighted by molar-refractivity contribution is -0.141. The Bertz CT molecular complexity index is 1290. The summed E-state index contributed by atoms with van der Waals surface area (Å²) in [6.45, 7) is 2.56. The zero-order chi connectivity index (χ0) is 27.3. The number of hydrogen-bond acceptors (Lipinski definition) is 8. The summed E-state index contributed by atoms with van der Waals surface area (Å²) in [5.74, 6) is -1.30. The molecule has 0 N–H and O–H groups in total. The minimum atomic E-state index is -4.35. The highest BCUT2D eigenvalue weighted by Gasteiger charge is 2.38. The van der Waals surface area contributed by atoms with E-state index in [1.165, 1.54) is 0 Å². The highest BCUT2D eigenvalue weighted by Crippen LogP contribution is 2.38. The van der Waals surface area contributed by atoms with Crippen molar-refractivity contribution in [3.05, 3.63) is 76.0 Å². The van der Waals surface area contributed by atoms with Crippen LogP contribution in [0.25, 0.3) is 0 Å². The summed E-state index contributed by atoms with van der Waals surface area (Å²) in [6.07, 6.45) is 1.87. The Morgan fingerprint density at radius 1 is 1.16 bits per heavy atom. The zero-order valence-electron chi connectivity index (χ0n) is 20.9. The molecule has 1 fully saturated rings. The molecule has 0 unspecified atom stereocenters. The number of carbonyl (C=O) groups excluding carboxylic acids is 2. The van der Waals surface area contributed by atoms with E-state index < -0.39 is 27.8 Å². The third-order valence-corrected chi connectivity index (χ3v) is 7.54. The number of halogens is 1. The second kappa shape index (κ2) is 12.3. The minimum Gasteiger partial charge on any atom is -0.748 e. The highest BCUT2D eigenvalue weighted by molar-refractivity contribution is 7.85. The fourth-order valence-electron chi connectivity index (χ4n) is 4.64. The molecule has 0 aliphatic carbocycles. The Balaban J connectivity index is 1.49. The second-order valence-electron chi connectivity index (χ2n) is 9.28. The number of amides is 1. The van der Waals surface area contributed by atoms with Gasteiger partial charge in [0, 0.05) is 29.7 Å². The first-order chi connectivity index (χ1) is 18.1. The van der Waals surface area contributed by atoms with Crippen LogP contribution in [0.4, 0.5) is 0 Å². The van der Waals surface area contributed by atoms with Gasteiger partial charge in [-0.15, -0.1) is 0 Å². The first kappa shape index (κ1) is 28.1. The van der Waals surface area contributed by atoms with Crippen molar-refractivity contribution in [2.75, 3.05) is 25.5 Å². The van der Waals surface area contributed by atoms with Crippen LogP contribution in [-0.2, 0) is 35.8 Å². The maximum atomic E-state index is 13.4. The van der Waals surface area contributed by atoms with Gasteiger partial charge in [-0.3, -0.25) is 4.79 Å². The SMILES string of the molecule is CC1=C(C(=O)OCc2ccc(OCCS(=O)(=O)[O-])cc2)[C@H](c2ccc(Cl)cc2)CC(=O)N1C[C@H]1CCCO1. The Hall–Kier alpha value is -2.92. The lowest BCUT2D eigenvalue weighted by Crippen LogP contribution is -2.42. The van der Waals surface area contributed by atoms with E-state index in [0.29, 0.717) is 40.8 Å². The molecule has 2 aliphatic heterocycles. The van der Waals surface area contributed by atoms with Crippen LogP contribution in [-0.4, -0.2) is 61.4 Å². The van der Waals surface area contributed by atoms with Gasteiger partial charge in [0.1, 0.15) is 19.0 Å². The molecule has 2 atom stereocenters. The summed E-state index contributed by atoms with van der Waals surface area (Å²) in [6, 6.07) is 13.7. The third-order valence-electron chi connectivity index (χ3n) is 6.62. The molecule has 11 heteroatoms. The Kier molecular flexibility index (Phi) is 9.09. The maximum absolute atomic E-state index is 13.4. The fourth-order valence-corrected chi connectivity index (χ4v) is 5.06. The van der Waals surface area contributed by atoms with Crippen LogP contribution in [0.15, 0.2) is 59.8 Å². The lowest BCUT2D eigenvalue weighted by atomic mass is 9.83. The molecular formula is C27H29ClNO8S-. The predicted molar refractivity (Wildman–Crippen MR) is 138 cm³/mol. The van der Waals surface area contributed by atoms with Crippen molar-refractivity contribution in [3.8, 4) is 5.75 Å². The van der Waals surface area contributed by atoms with E-state index in [2.05, 4.69) is 0 Å². The van der Waals surface area contributed by atoms with Crippen LogP contribution >= 0.6 is 11.6 Å². The van der Waals surface area contributed by atoms with Crippen molar-refractivity contribution in [1.29, 1.82) is 0 Å². The Labute approximate surface area is 227 Å². The normalized spacial score (nSPS) is 20.1. The molecule has 2 aromatic rings. The minimum absolute atomic E-state index is 0.0160. The van der Waals surface area contributed by atoms with Gasteiger partial charge in [0.05, 0.1) is 34.1 Å². The van der Waals surface area contributed by atoms with Gasteiger partial charge in [-0.1, -0.05) is 35.9 Å². The van der Waals surface area contributed by atoms with Crippen molar-refractivity contribution in [2.45, 2.75) is 44.8 Å². The molecule has 0 aromatic heterocycles. The molecular weight excluding hydrogens is 534 g/mol. The van der Waals surface area contributed by atoms with E-state index >= 15 is 0 Å². The average Bonchev–Trinajstić information content (AvgIpc) is 3.39. The number of rotatable bonds is 10. The van der Waals surface area contributed by atoms with Crippen LogP contribution in [0, 0.1) is 0 Å². The molecule has 2 heterocycles. The number of esters is 1. The van der Waals surface area contributed by atoms with E-state index in [1.54, 1.807) is 48.2 Å². The van der Waals surface area contributed by atoms with E-state index in [4.69, 9.17) is 25.8 Å². The van der Waals surface area contributed by atoms with E-state index in [-0.39, 0.29) is 31.6 Å². The molecule has 2 aliphatic rings. The number of benzene rings is 2. The number of ether oxygens (including phenoxy) is 3. The largest absolute Gasteiger partial charge is 0.748 e. The molecule has 2 aromatic carbocycles. The van der Waals surface area contributed by atoms with E-state index in [0.717, 1.165) is 18.4 Å². The molecule has 0 spiro atoms. The summed E-state index contributed by atoms with van der Waals surface area (Å²) in [4.78, 5) is 28.2. The summed E-state index contributed by atoms with van der Waals surface area (Å²) >= 11 is 6.06. The topological polar surface area (TPSA) is 122 Å². The summed E-state index contributed by atoms with van der Waals surface area (Å²) in [5.41, 5.74) is 2.46. The molecule has 0 saturated carbocycles. The number of allylic oxidation sites excluding steroid dienone is 1. The van der Waals surface area contributed by atoms with Crippen molar-refractivity contribution in [2.24, 2.45) is 0 Å². The number of carbonyl (C=O) groups is 2. The monoisotopic (exact) mass is 562 g/mol. The third kappa shape index (κ3) is 7.35. The van der Waals surface area contributed by atoms with Gasteiger partial charge in [-0.2, -0.15) is 0 Å². The van der Waals surface area contributed by atoms with Gasteiger partial charge >= 0.3 is 5.97 Å². The van der Waals surface area contributed by atoms with E-state index in [9.17, 15) is 22.6 Å². The van der Waals surface area contributed by atoms with Crippen LogP contribution in [0.3, 0.4) is 0 Å². The van der Waals surface area contributed by atoms with Gasteiger partial charge in [-0.05, 0) is 55.2 Å². The second-order valence-corrected chi connectivity index (χ2v) is 11.2. The molecule has 9 nitrogen and oxygen atoms in total. The summed E-state index contributed by atoms with van der Waals surface area (Å²) in [5, 5.41) is 0.558. The predicted octanol–water partition coefficient (Wildman–Crippen LogP) is 3.78. The first-order valence-electron chi connectivity index (χ1n) is 12.3. The van der Waals surface area contributed by atoms with Crippen LogP contribution in [0.1, 0.15) is 43.2 Å². The van der Waals surface area contributed by atoms with Gasteiger partial charge in [0.2, 0.25) is 5.91 Å². The lowest BCUT2D eigenvalue weighted by Gasteiger charge is -2.35. The molecule has 4 rings (SSSR count). The Morgan fingerprint density at radius 3 is 2.50 bits per heavy atom. The molecule has 0 bridgehead atoms. The van der Waals surface area contributed by atoms with Crippen molar-refractivity contribution in [1.82, 2.24) is 4.90 Å². The van der Waals surface area contributed by atoms with Crippen LogP contribution in [0.5, 0.6) is 5.75 Å².